The predicted molar refractivity (Wildman–Crippen MR) is 67.9 cm³/mol. The van der Waals surface area contributed by atoms with Crippen molar-refractivity contribution in [2.45, 2.75) is 19.4 Å². The van der Waals surface area contributed by atoms with E-state index < -0.39 is 16.8 Å². The number of aliphatic carboxylic acids is 1. The van der Waals surface area contributed by atoms with E-state index in [4.69, 9.17) is 5.11 Å². The zero-order valence-corrected chi connectivity index (χ0v) is 10.2. The van der Waals surface area contributed by atoms with Crippen molar-refractivity contribution in [3.63, 3.8) is 0 Å². The van der Waals surface area contributed by atoms with Crippen molar-refractivity contribution in [3.8, 4) is 0 Å². The minimum absolute atomic E-state index is 0.0315. The van der Waals surface area contributed by atoms with Crippen LogP contribution in [0.15, 0.2) is 24.4 Å². The molecule has 0 spiro atoms. The smallest absolute Gasteiger partial charge is 0.310 e. The highest BCUT2D eigenvalue weighted by molar-refractivity contribution is 5.73. The molecule has 0 saturated heterocycles. The molecule has 19 heavy (non-hydrogen) atoms. The van der Waals surface area contributed by atoms with E-state index in [0.717, 1.165) is 0 Å². The van der Waals surface area contributed by atoms with Gasteiger partial charge in [0.05, 0.1) is 10.8 Å². The first kappa shape index (κ1) is 13.0. The van der Waals surface area contributed by atoms with E-state index in [0.29, 0.717) is 17.8 Å². The Kier molecular flexibility index (Phi) is 3.46. The summed E-state index contributed by atoms with van der Waals surface area (Å²) in [5.41, 5.74) is 0.482. The lowest BCUT2D eigenvalue weighted by Gasteiger charge is -2.12. The lowest BCUT2D eigenvalue weighted by molar-refractivity contribution is -0.385. The fourth-order valence-electron chi connectivity index (χ4n) is 2.00. The van der Waals surface area contributed by atoms with Gasteiger partial charge in [0.2, 0.25) is 0 Å². The van der Waals surface area contributed by atoms with Crippen molar-refractivity contribution in [2.24, 2.45) is 5.92 Å². The lowest BCUT2D eigenvalue weighted by Crippen LogP contribution is -2.19. The summed E-state index contributed by atoms with van der Waals surface area (Å²) in [6, 6.07) is 1.47. The van der Waals surface area contributed by atoms with Crippen molar-refractivity contribution in [1.29, 1.82) is 0 Å². The van der Waals surface area contributed by atoms with Gasteiger partial charge in [-0.05, 0) is 19.4 Å². The summed E-state index contributed by atoms with van der Waals surface area (Å²) in [6.07, 6.45) is 5.06. The van der Waals surface area contributed by atoms with Crippen LogP contribution in [0.25, 0.3) is 0 Å². The second-order valence-electron chi connectivity index (χ2n) is 4.43. The number of hydrogen-bond acceptors (Lipinski definition) is 5. The summed E-state index contributed by atoms with van der Waals surface area (Å²) in [4.78, 5) is 24.9. The van der Waals surface area contributed by atoms with Crippen LogP contribution in [0.5, 0.6) is 0 Å². The molecular formula is C12H13N3O4. The topological polar surface area (TPSA) is 105 Å². The van der Waals surface area contributed by atoms with Gasteiger partial charge in [-0.3, -0.25) is 14.9 Å². The highest BCUT2D eigenvalue weighted by Gasteiger charge is 2.24. The van der Waals surface area contributed by atoms with Gasteiger partial charge in [0.1, 0.15) is 12.0 Å². The van der Waals surface area contributed by atoms with Crippen molar-refractivity contribution in [2.75, 3.05) is 5.32 Å². The van der Waals surface area contributed by atoms with Crippen molar-refractivity contribution in [3.05, 3.63) is 40.1 Å². The van der Waals surface area contributed by atoms with Gasteiger partial charge in [0, 0.05) is 11.6 Å². The molecule has 0 amide bonds. The number of carboxylic acids is 1. The Morgan fingerprint density at radius 1 is 1.58 bits per heavy atom. The molecule has 1 aromatic rings. The molecule has 1 aliphatic rings. The van der Waals surface area contributed by atoms with E-state index in [9.17, 15) is 14.9 Å². The molecule has 1 aromatic heterocycles. The first-order valence-corrected chi connectivity index (χ1v) is 5.76. The van der Waals surface area contributed by atoms with Crippen LogP contribution in [0.1, 0.15) is 12.0 Å². The predicted octanol–water partition coefficient (Wildman–Crippen LogP) is 1.74. The fourth-order valence-corrected chi connectivity index (χ4v) is 2.00. The molecule has 100 valence electrons. The van der Waals surface area contributed by atoms with Gasteiger partial charge in [0.15, 0.2) is 0 Å². The van der Waals surface area contributed by atoms with Crippen molar-refractivity contribution in [1.82, 2.24) is 4.98 Å². The number of carbonyl (C=O) groups is 1. The summed E-state index contributed by atoms with van der Waals surface area (Å²) in [5.74, 6) is -0.839. The van der Waals surface area contributed by atoms with E-state index in [-0.39, 0.29) is 11.7 Å². The standard InChI is InChI=1S/C12H13N3O4/c1-7-4-11(13-6-10(7)15(18)19)14-9-3-2-8(5-9)12(16)17/h2-4,6,8-9H,5H2,1H3,(H,13,14)(H,16,17). The van der Waals surface area contributed by atoms with Crippen LogP contribution >= 0.6 is 0 Å². The van der Waals surface area contributed by atoms with Gasteiger partial charge in [-0.15, -0.1) is 0 Å². The molecular weight excluding hydrogens is 250 g/mol. The Hall–Kier alpha value is -2.44. The number of anilines is 1. The zero-order chi connectivity index (χ0) is 14.0. The number of carboxylic acid groups (broad SMARTS) is 1. The van der Waals surface area contributed by atoms with Crippen LogP contribution in [0.4, 0.5) is 11.5 Å². The molecule has 1 heterocycles. The Morgan fingerprint density at radius 2 is 2.32 bits per heavy atom. The maximum atomic E-state index is 10.8. The van der Waals surface area contributed by atoms with Crippen LogP contribution in [0.3, 0.4) is 0 Å². The van der Waals surface area contributed by atoms with Gasteiger partial charge >= 0.3 is 5.97 Å². The average Bonchev–Trinajstić information content (AvgIpc) is 2.77. The monoisotopic (exact) mass is 263 g/mol. The number of nitrogens with zero attached hydrogens (tertiary/aromatic N) is 2. The molecule has 2 unspecified atom stereocenters. The third-order valence-corrected chi connectivity index (χ3v) is 3.01. The van der Waals surface area contributed by atoms with Crippen LogP contribution in [-0.2, 0) is 4.79 Å². The van der Waals surface area contributed by atoms with E-state index >= 15 is 0 Å². The number of pyridine rings is 1. The summed E-state index contributed by atoms with van der Waals surface area (Å²) >= 11 is 0. The zero-order valence-electron chi connectivity index (χ0n) is 10.2. The van der Waals surface area contributed by atoms with Crippen molar-refractivity contribution >= 4 is 17.5 Å². The molecule has 0 aliphatic heterocycles. The summed E-state index contributed by atoms with van der Waals surface area (Å²) < 4.78 is 0. The number of aromatic nitrogens is 1. The molecule has 0 bridgehead atoms. The first-order valence-electron chi connectivity index (χ1n) is 5.76. The maximum Gasteiger partial charge on any atom is 0.310 e. The van der Waals surface area contributed by atoms with Crippen LogP contribution in [0.2, 0.25) is 0 Å². The molecule has 2 rings (SSSR count). The third kappa shape index (κ3) is 2.87. The number of aryl methyl sites for hydroxylation is 1. The fraction of sp³-hybridized carbons (Fsp3) is 0.333. The molecule has 0 saturated carbocycles. The van der Waals surface area contributed by atoms with E-state index in [1.807, 2.05) is 0 Å². The molecule has 0 radical (unpaired) electrons. The Bertz CT molecular complexity index is 556. The van der Waals surface area contributed by atoms with Gasteiger partial charge in [-0.1, -0.05) is 12.2 Å². The summed E-state index contributed by atoms with van der Waals surface area (Å²) in [7, 11) is 0. The number of nitrogens with one attached hydrogen (secondary N) is 1. The largest absolute Gasteiger partial charge is 0.481 e. The summed E-state index contributed by atoms with van der Waals surface area (Å²) in [5, 5.41) is 22.6. The molecule has 7 nitrogen and oxygen atoms in total. The summed E-state index contributed by atoms with van der Waals surface area (Å²) in [6.45, 7) is 1.63. The second kappa shape index (κ2) is 5.05. The van der Waals surface area contributed by atoms with E-state index in [2.05, 4.69) is 10.3 Å². The van der Waals surface area contributed by atoms with E-state index in [1.165, 1.54) is 6.20 Å². The normalized spacial score (nSPS) is 21.3. The highest BCUT2D eigenvalue weighted by Crippen LogP contribution is 2.23. The number of rotatable bonds is 4. The van der Waals surface area contributed by atoms with Gasteiger partial charge in [-0.2, -0.15) is 0 Å². The number of hydrogen-bond donors (Lipinski definition) is 2. The van der Waals surface area contributed by atoms with Crippen LogP contribution < -0.4 is 5.32 Å². The SMILES string of the molecule is Cc1cc(NC2C=CC(C(=O)O)C2)ncc1[N+](=O)[O-]. The van der Waals surface area contributed by atoms with Gasteiger partial charge in [0.25, 0.3) is 5.69 Å². The average molecular weight is 263 g/mol. The minimum atomic E-state index is -0.853. The molecule has 0 fully saturated rings. The lowest BCUT2D eigenvalue weighted by atomic mass is 10.1. The van der Waals surface area contributed by atoms with Crippen molar-refractivity contribution < 1.29 is 14.8 Å². The molecule has 1 aliphatic carbocycles. The molecule has 7 heteroatoms. The van der Waals surface area contributed by atoms with Gasteiger partial charge in [-0.25, -0.2) is 4.98 Å². The maximum absolute atomic E-state index is 10.8. The number of nitro groups is 1. The Balaban J connectivity index is 2.05. The first-order chi connectivity index (χ1) is 8.97. The third-order valence-electron chi connectivity index (χ3n) is 3.01. The molecule has 2 atom stereocenters. The highest BCUT2D eigenvalue weighted by atomic mass is 16.6. The Morgan fingerprint density at radius 3 is 2.84 bits per heavy atom. The molecule has 2 N–H and O–H groups in total. The van der Waals surface area contributed by atoms with Crippen LogP contribution in [0, 0.1) is 23.0 Å². The minimum Gasteiger partial charge on any atom is -0.481 e. The van der Waals surface area contributed by atoms with E-state index in [1.54, 1.807) is 25.1 Å². The quantitative estimate of drug-likeness (QED) is 0.487. The molecule has 0 aromatic carbocycles. The van der Waals surface area contributed by atoms with Gasteiger partial charge < -0.3 is 10.4 Å². The Labute approximate surface area is 109 Å². The second-order valence-corrected chi connectivity index (χ2v) is 4.43. The van der Waals surface area contributed by atoms with Crippen LogP contribution in [-0.4, -0.2) is 27.0 Å².